The van der Waals surface area contributed by atoms with Crippen molar-refractivity contribution in [2.24, 2.45) is 7.05 Å². The fraction of sp³-hybridized carbons (Fsp3) is 0.118. The number of carbonyl (C=O) groups is 1. The van der Waals surface area contributed by atoms with Crippen LogP contribution >= 0.6 is 27.7 Å². The lowest BCUT2D eigenvalue weighted by molar-refractivity contribution is -0.116. The van der Waals surface area contributed by atoms with Crippen molar-refractivity contribution in [2.75, 3.05) is 5.32 Å². The number of hydrogen-bond donors (Lipinski definition) is 1. The normalized spacial score (nSPS) is 10.7. The molecule has 6 nitrogen and oxygen atoms in total. The van der Waals surface area contributed by atoms with Crippen LogP contribution in [0.4, 0.5) is 10.1 Å². The van der Waals surface area contributed by atoms with E-state index in [0.29, 0.717) is 20.2 Å². The fourth-order valence-electron chi connectivity index (χ4n) is 2.21. The van der Waals surface area contributed by atoms with Gasteiger partial charge in [0, 0.05) is 41.1 Å². The van der Waals surface area contributed by atoms with Crippen LogP contribution in [0.25, 0.3) is 0 Å². The number of aryl methyl sites for hydroxylation is 1. The maximum absolute atomic E-state index is 13.7. The Labute approximate surface area is 161 Å². The average molecular weight is 437 g/mol. The van der Waals surface area contributed by atoms with Crippen molar-refractivity contribution in [3.8, 4) is 0 Å². The quantitative estimate of drug-likeness (QED) is 0.666. The number of benzene rings is 1. The van der Waals surface area contributed by atoms with E-state index in [-0.39, 0.29) is 12.1 Å². The van der Waals surface area contributed by atoms with Gasteiger partial charge in [-0.1, -0.05) is 0 Å². The Kier molecular flexibility index (Phi) is 5.58. The van der Waals surface area contributed by atoms with Gasteiger partial charge in [-0.2, -0.15) is 0 Å². The Balaban J connectivity index is 1.81. The zero-order valence-electron chi connectivity index (χ0n) is 13.6. The molecule has 0 aliphatic carbocycles. The molecule has 9 heteroatoms. The van der Waals surface area contributed by atoms with Gasteiger partial charge in [-0.05, 0) is 52.0 Å². The van der Waals surface area contributed by atoms with E-state index < -0.39 is 11.7 Å². The first-order chi connectivity index (χ1) is 12.4. The van der Waals surface area contributed by atoms with E-state index in [1.807, 2.05) is 11.6 Å². The average Bonchev–Trinajstić information content (AvgIpc) is 2.98. The number of nitrogens with zero attached hydrogens (tertiary/aromatic N) is 3. The van der Waals surface area contributed by atoms with Crippen molar-refractivity contribution >= 4 is 39.3 Å². The van der Waals surface area contributed by atoms with Crippen LogP contribution in [0.1, 0.15) is 0 Å². The summed E-state index contributed by atoms with van der Waals surface area (Å²) in [6, 6.07) is 7.11. The van der Waals surface area contributed by atoms with Gasteiger partial charge in [0.1, 0.15) is 12.4 Å². The van der Waals surface area contributed by atoms with Crippen LogP contribution in [-0.4, -0.2) is 20.0 Å². The molecule has 1 N–H and O–H groups in total. The number of hydrogen-bond acceptors (Lipinski definition) is 4. The lowest BCUT2D eigenvalue weighted by Crippen LogP contribution is -2.26. The fourth-order valence-corrected chi connectivity index (χ4v) is 3.46. The molecular weight excluding hydrogens is 423 g/mol. The van der Waals surface area contributed by atoms with Gasteiger partial charge in [-0.25, -0.2) is 9.37 Å². The maximum Gasteiger partial charge on any atom is 0.251 e. The Bertz CT molecular complexity index is 1020. The van der Waals surface area contributed by atoms with E-state index in [1.165, 1.54) is 40.7 Å². The van der Waals surface area contributed by atoms with Crippen molar-refractivity contribution in [3.05, 3.63) is 69.6 Å². The van der Waals surface area contributed by atoms with E-state index >= 15 is 0 Å². The third kappa shape index (κ3) is 4.41. The first-order valence-corrected chi connectivity index (χ1v) is 9.14. The minimum absolute atomic E-state index is 0.179. The van der Waals surface area contributed by atoms with Gasteiger partial charge in [0.15, 0.2) is 5.16 Å². The summed E-state index contributed by atoms with van der Waals surface area (Å²) in [5.74, 6) is -0.901. The summed E-state index contributed by atoms with van der Waals surface area (Å²) in [6.45, 7) is -0.179. The SMILES string of the molecule is Cn1ccnc1Sc1ccc(F)cc1NC(=O)Cn1cc(Br)ccc1=O. The topological polar surface area (TPSA) is 68.9 Å². The van der Waals surface area contributed by atoms with Gasteiger partial charge >= 0.3 is 0 Å². The smallest absolute Gasteiger partial charge is 0.251 e. The molecule has 1 aromatic carbocycles. The first-order valence-electron chi connectivity index (χ1n) is 7.53. The molecule has 0 saturated carbocycles. The molecule has 3 rings (SSSR count). The van der Waals surface area contributed by atoms with Gasteiger partial charge in [0.05, 0.1) is 5.69 Å². The number of pyridine rings is 1. The number of imidazole rings is 1. The van der Waals surface area contributed by atoms with Crippen LogP contribution < -0.4 is 10.9 Å². The summed E-state index contributed by atoms with van der Waals surface area (Å²) in [6.07, 6.45) is 4.98. The molecule has 0 aliphatic rings. The van der Waals surface area contributed by atoms with Crippen LogP contribution in [0.2, 0.25) is 0 Å². The van der Waals surface area contributed by atoms with Crippen LogP contribution in [-0.2, 0) is 18.4 Å². The first kappa shape index (κ1) is 18.4. The number of nitrogens with one attached hydrogen (secondary N) is 1. The summed E-state index contributed by atoms with van der Waals surface area (Å²) in [4.78, 5) is 29.0. The van der Waals surface area contributed by atoms with Crippen molar-refractivity contribution in [1.82, 2.24) is 14.1 Å². The minimum Gasteiger partial charge on any atom is -0.329 e. The highest BCUT2D eigenvalue weighted by molar-refractivity contribution is 9.10. The highest BCUT2D eigenvalue weighted by Crippen LogP contribution is 2.32. The number of halogens is 2. The molecular formula is C17H14BrFN4O2S. The van der Waals surface area contributed by atoms with Crippen LogP contribution in [0.3, 0.4) is 0 Å². The van der Waals surface area contributed by atoms with Gasteiger partial charge in [0.25, 0.3) is 5.56 Å². The lowest BCUT2D eigenvalue weighted by Gasteiger charge is -2.12. The molecule has 0 radical (unpaired) electrons. The second kappa shape index (κ2) is 7.88. The summed E-state index contributed by atoms with van der Waals surface area (Å²) in [5.41, 5.74) is 0.0243. The summed E-state index contributed by atoms with van der Waals surface area (Å²) in [5, 5.41) is 3.37. The van der Waals surface area contributed by atoms with E-state index in [0.717, 1.165) is 0 Å². The molecule has 0 aliphatic heterocycles. The lowest BCUT2D eigenvalue weighted by atomic mass is 10.3. The maximum atomic E-state index is 13.7. The molecule has 0 atom stereocenters. The number of rotatable bonds is 5. The Hall–Kier alpha value is -2.39. The largest absolute Gasteiger partial charge is 0.329 e. The van der Waals surface area contributed by atoms with Crippen molar-refractivity contribution in [2.45, 2.75) is 16.6 Å². The molecule has 0 unspecified atom stereocenters. The van der Waals surface area contributed by atoms with Crippen LogP contribution in [0, 0.1) is 5.82 Å². The van der Waals surface area contributed by atoms with Gasteiger partial charge in [-0.15, -0.1) is 0 Å². The molecule has 0 spiro atoms. The van der Waals surface area contributed by atoms with Gasteiger partial charge in [-0.3, -0.25) is 9.59 Å². The highest BCUT2D eigenvalue weighted by Gasteiger charge is 2.13. The molecule has 0 saturated heterocycles. The standard InChI is InChI=1S/C17H14BrFN4O2S/c1-22-7-6-20-17(22)26-14-4-3-12(19)8-13(14)21-15(24)10-23-9-11(18)2-5-16(23)25/h2-9H,10H2,1H3,(H,21,24). The molecule has 26 heavy (non-hydrogen) atoms. The molecule has 3 aromatic rings. The van der Waals surface area contributed by atoms with Crippen LogP contribution in [0.15, 0.2) is 68.2 Å². The molecule has 2 aromatic heterocycles. The zero-order valence-corrected chi connectivity index (χ0v) is 16.1. The van der Waals surface area contributed by atoms with Crippen LogP contribution in [0.5, 0.6) is 0 Å². The second-order valence-corrected chi connectivity index (χ2v) is 7.35. The predicted octanol–water partition coefficient (Wildman–Crippen LogP) is 3.27. The van der Waals surface area contributed by atoms with Gasteiger partial charge < -0.3 is 14.5 Å². The van der Waals surface area contributed by atoms with E-state index in [4.69, 9.17) is 0 Å². The summed E-state index contributed by atoms with van der Waals surface area (Å²) >= 11 is 4.57. The third-order valence-corrected chi connectivity index (χ3v) is 5.08. The van der Waals surface area contributed by atoms with Crippen molar-refractivity contribution in [1.29, 1.82) is 0 Å². The summed E-state index contributed by atoms with van der Waals surface area (Å²) < 4.78 is 17.4. The summed E-state index contributed by atoms with van der Waals surface area (Å²) in [7, 11) is 1.84. The second-order valence-electron chi connectivity index (χ2n) is 5.42. The highest BCUT2D eigenvalue weighted by atomic mass is 79.9. The Morgan fingerprint density at radius 1 is 1.35 bits per heavy atom. The number of carbonyl (C=O) groups excluding carboxylic acids is 1. The van der Waals surface area contributed by atoms with E-state index in [9.17, 15) is 14.0 Å². The number of aromatic nitrogens is 3. The monoisotopic (exact) mass is 436 g/mol. The van der Waals surface area contributed by atoms with E-state index in [2.05, 4.69) is 26.2 Å². The Morgan fingerprint density at radius 2 is 2.15 bits per heavy atom. The third-order valence-electron chi connectivity index (χ3n) is 3.46. The van der Waals surface area contributed by atoms with Crippen molar-refractivity contribution < 1.29 is 9.18 Å². The zero-order chi connectivity index (χ0) is 18.7. The molecule has 134 valence electrons. The predicted molar refractivity (Wildman–Crippen MR) is 101 cm³/mol. The molecule has 2 heterocycles. The molecule has 0 bridgehead atoms. The molecule has 1 amide bonds. The van der Waals surface area contributed by atoms with E-state index in [1.54, 1.807) is 24.5 Å². The molecule has 0 fully saturated rings. The van der Waals surface area contributed by atoms with Gasteiger partial charge in [0.2, 0.25) is 5.91 Å². The number of amides is 1. The van der Waals surface area contributed by atoms with Crippen molar-refractivity contribution in [3.63, 3.8) is 0 Å². The Morgan fingerprint density at radius 3 is 2.88 bits per heavy atom. The minimum atomic E-state index is -0.468. The number of anilines is 1.